The van der Waals surface area contributed by atoms with Crippen molar-refractivity contribution in [2.75, 3.05) is 13.6 Å². The number of urea groups is 1. The monoisotopic (exact) mass is 213 g/mol. The third kappa shape index (κ3) is 3.87. The van der Waals surface area contributed by atoms with E-state index in [2.05, 4.69) is 29.4 Å². The SMILES string of the molecule is CNC(=O)NC(=O)CN(C(C)C)C1CC1. The maximum absolute atomic E-state index is 11.4. The summed E-state index contributed by atoms with van der Waals surface area (Å²) < 4.78 is 0. The molecule has 1 saturated carbocycles. The second-order valence-corrected chi connectivity index (χ2v) is 4.12. The molecule has 5 heteroatoms. The van der Waals surface area contributed by atoms with Gasteiger partial charge in [-0.1, -0.05) is 0 Å². The predicted molar refractivity (Wildman–Crippen MR) is 57.5 cm³/mol. The second-order valence-electron chi connectivity index (χ2n) is 4.12. The van der Waals surface area contributed by atoms with Crippen molar-refractivity contribution in [1.82, 2.24) is 15.5 Å². The van der Waals surface area contributed by atoms with Crippen molar-refractivity contribution in [2.45, 2.75) is 38.8 Å². The van der Waals surface area contributed by atoms with Crippen LogP contribution < -0.4 is 10.6 Å². The minimum Gasteiger partial charge on any atom is -0.341 e. The van der Waals surface area contributed by atoms with Gasteiger partial charge in [0, 0.05) is 19.1 Å². The average Bonchev–Trinajstić information content (AvgIpc) is 2.96. The van der Waals surface area contributed by atoms with E-state index in [-0.39, 0.29) is 5.91 Å². The molecule has 0 heterocycles. The highest BCUT2D eigenvalue weighted by atomic mass is 16.2. The second kappa shape index (κ2) is 5.11. The van der Waals surface area contributed by atoms with Crippen LogP contribution in [0.1, 0.15) is 26.7 Å². The number of hydrogen-bond donors (Lipinski definition) is 2. The molecule has 86 valence electrons. The van der Waals surface area contributed by atoms with Gasteiger partial charge >= 0.3 is 6.03 Å². The van der Waals surface area contributed by atoms with E-state index in [0.29, 0.717) is 18.6 Å². The smallest absolute Gasteiger partial charge is 0.321 e. The van der Waals surface area contributed by atoms with Crippen LogP contribution in [0, 0.1) is 0 Å². The van der Waals surface area contributed by atoms with Gasteiger partial charge in [-0.2, -0.15) is 0 Å². The van der Waals surface area contributed by atoms with Crippen LogP contribution in [0.25, 0.3) is 0 Å². The van der Waals surface area contributed by atoms with Crippen LogP contribution in [0.2, 0.25) is 0 Å². The summed E-state index contributed by atoms with van der Waals surface area (Å²) >= 11 is 0. The van der Waals surface area contributed by atoms with E-state index in [4.69, 9.17) is 0 Å². The molecule has 1 rings (SSSR count). The van der Waals surface area contributed by atoms with Gasteiger partial charge in [-0.25, -0.2) is 4.79 Å². The van der Waals surface area contributed by atoms with Gasteiger partial charge in [0.25, 0.3) is 0 Å². The molecule has 0 saturated heterocycles. The first kappa shape index (κ1) is 12.0. The summed E-state index contributed by atoms with van der Waals surface area (Å²) in [5.74, 6) is -0.241. The molecule has 2 N–H and O–H groups in total. The quantitative estimate of drug-likeness (QED) is 0.706. The molecular formula is C10H19N3O2. The lowest BCUT2D eigenvalue weighted by molar-refractivity contribution is -0.121. The zero-order chi connectivity index (χ0) is 11.4. The summed E-state index contributed by atoms with van der Waals surface area (Å²) in [6.45, 7) is 4.42. The summed E-state index contributed by atoms with van der Waals surface area (Å²) in [6, 6.07) is 0.424. The molecule has 0 spiro atoms. The Morgan fingerprint density at radius 1 is 1.40 bits per heavy atom. The van der Waals surface area contributed by atoms with E-state index in [1.54, 1.807) is 0 Å². The first-order valence-electron chi connectivity index (χ1n) is 5.32. The Morgan fingerprint density at radius 3 is 2.40 bits per heavy atom. The molecule has 1 aliphatic carbocycles. The van der Waals surface area contributed by atoms with Gasteiger partial charge in [-0.3, -0.25) is 15.0 Å². The fraction of sp³-hybridized carbons (Fsp3) is 0.800. The van der Waals surface area contributed by atoms with Crippen molar-refractivity contribution in [3.8, 4) is 0 Å². The van der Waals surface area contributed by atoms with Gasteiger partial charge < -0.3 is 5.32 Å². The summed E-state index contributed by atoms with van der Waals surface area (Å²) in [7, 11) is 1.49. The molecule has 0 bridgehead atoms. The van der Waals surface area contributed by atoms with Crippen LogP contribution in [0.4, 0.5) is 4.79 Å². The first-order chi connectivity index (χ1) is 7.04. The highest BCUT2D eigenvalue weighted by Gasteiger charge is 2.31. The Kier molecular flexibility index (Phi) is 4.08. The summed E-state index contributed by atoms with van der Waals surface area (Å²) in [4.78, 5) is 24.5. The van der Waals surface area contributed by atoms with Crippen molar-refractivity contribution in [3.05, 3.63) is 0 Å². The van der Waals surface area contributed by atoms with E-state index in [0.717, 1.165) is 12.8 Å². The van der Waals surface area contributed by atoms with Crippen molar-refractivity contribution < 1.29 is 9.59 Å². The van der Waals surface area contributed by atoms with Gasteiger partial charge in [0.2, 0.25) is 5.91 Å². The fourth-order valence-corrected chi connectivity index (χ4v) is 1.53. The third-order valence-electron chi connectivity index (χ3n) is 2.49. The molecule has 15 heavy (non-hydrogen) atoms. The van der Waals surface area contributed by atoms with E-state index in [1.807, 2.05) is 0 Å². The van der Waals surface area contributed by atoms with Gasteiger partial charge in [-0.05, 0) is 26.7 Å². The summed E-state index contributed by atoms with van der Waals surface area (Å²) in [5, 5.41) is 4.62. The van der Waals surface area contributed by atoms with E-state index in [1.165, 1.54) is 7.05 Å². The summed E-state index contributed by atoms with van der Waals surface area (Å²) in [5.41, 5.74) is 0. The van der Waals surface area contributed by atoms with Crippen LogP contribution in [-0.4, -0.2) is 42.5 Å². The number of carbonyl (C=O) groups excluding carboxylic acids is 2. The molecular weight excluding hydrogens is 194 g/mol. The Bertz CT molecular complexity index is 247. The fourth-order valence-electron chi connectivity index (χ4n) is 1.53. The van der Waals surface area contributed by atoms with Gasteiger partial charge in [0.15, 0.2) is 0 Å². The van der Waals surface area contributed by atoms with Crippen molar-refractivity contribution in [2.24, 2.45) is 0 Å². The van der Waals surface area contributed by atoms with E-state index in [9.17, 15) is 9.59 Å². The third-order valence-corrected chi connectivity index (χ3v) is 2.49. The van der Waals surface area contributed by atoms with Gasteiger partial charge in [0.05, 0.1) is 6.54 Å². The number of imide groups is 1. The molecule has 0 radical (unpaired) electrons. The maximum atomic E-state index is 11.4. The topological polar surface area (TPSA) is 61.4 Å². The van der Waals surface area contributed by atoms with Crippen LogP contribution in [0.5, 0.6) is 0 Å². The molecule has 0 unspecified atom stereocenters. The molecule has 3 amide bonds. The number of rotatable bonds is 4. The standard InChI is InChI=1S/C10H19N3O2/c1-7(2)13(8-4-5-8)6-9(14)12-10(15)11-3/h7-8H,4-6H2,1-3H3,(H2,11,12,14,15). The molecule has 0 aromatic heterocycles. The molecule has 0 aromatic carbocycles. The van der Waals surface area contributed by atoms with Crippen molar-refractivity contribution in [3.63, 3.8) is 0 Å². The van der Waals surface area contributed by atoms with E-state index < -0.39 is 6.03 Å². The van der Waals surface area contributed by atoms with Crippen LogP contribution >= 0.6 is 0 Å². The molecule has 0 atom stereocenters. The van der Waals surface area contributed by atoms with E-state index >= 15 is 0 Å². The lowest BCUT2D eigenvalue weighted by Crippen LogP contribution is -2.46. The number of amides is 3. The molecule has 5 nitrogen and oxygen atoms in total. The van der Waals surface area contributed by atoms with Gasteiger partial charge in [-0.15, -0.1) is 0 Å². The van der Waals surface area contributed by atoms with Crippen LogP contribution in [-0.2, 0) is 4.79 Å². The average molecular weight is 213 g/mol. The predicted octanol–water partition coefficient (Wildman–Crippen LogP) is 0.315. The van der Waals surface area contributed by atoms with Crippen molar-refractivity contribution in [1.29, 1.82) is 0 Å². The Balaban J connectivity index is 2.37. The lowest BCUT2D eigenvalue weighted by Gasteiger charge is -2.25. The van der Waals surface area contributed by atoms with Crippen LogP contribution in [0.3, 0.4) is 0 Å². The Hall–Kier alpha value is -1.10. The zero-order valence-electron chi connectivity index (χ0n) is 9.54. The minimum absolute atomic E-state index is 0.241. The van der Waals surface area contributed by atoms with Crippen molar-refractivity contribution >= 4 is 11.9 Å². The molecule has 1 aliphatic rings. The number of nitrogens with one attached hydrogen (secondary N) is 2. The minimum atomic E-state index is -0.445. The Labute approximate surface area is 90.2 Å². The number of carbonyl (C=O) groups is 2. The highest BCUT2D eigenvalue weighted by Crippen LogP contribution is 2.27. The number of hydrogen-bond acceptors (Lipinski definition) is 3. The number of nitrogens with zero attached hydrogens (tertiary/aromatic N) is 1. The Morgan fingerprint density at radius 2 is 2.00 bits per heavy atom. The molecule has 1 fully saturated rings. The largest absolute Gasteiger partial charge is 0.341 e. The maximum Gasteiger partial charge on any atom is 0.321 e. The summed E-state index contributed by atoms with van der Waals surface area (Å²) in [6.07, 6.45) is 2.32. The molecule has 0 aliphatic heterocycles. The molecule has 0 aromatic rings. The van der Waals surface area contributed by atoms with Gasteiger partial charge in [0.1, 0.15) is 0 Å². The normalized spacial score (nSPS) is 15.5. The highest BCUT2D eigenvalue weighted by molar-refractivity contribution is 5.95. The zero-order valence-corrected chi connectivity index (χ0v) is 9.54. The van der Waals surface area contributed by atoms with Crippen LogP contribution in [0.15, 0.2) is 0 Å². The lowest BCUT2D eigenvalue weighted by atomic mass is 10.3. The first-order valence-corrected chi connectivity index (χ1v) is 5.32.